The molecule has 2 N–H and O–H groups in total. The van der Waals surface area contributed by atoms with Crippen LogP contribution < -0.4 is 15.4 Å². The molecule has 1 amide bonds. The van der Waals surface area contributed by atoms with Crippen LogP contribution in [0.15, 0.2) is 18.2 Å². The summed E-state index contributed by atoms with van der Waals surface area (Å²) in [5, 5.41) is 6.37. The summed E-state index contributed by atoms with van der Waals surface area (Å²) in [6, 6.07) is 5.55. The second-order valence-corrected chi connectivity index (χ2v) is 4.72. The highest BCUT2D eigenvalue weighted by Gasteiger charge is 2.17. The third kappa shape index (κ3) is 4.73. The number of para-hydroxylation sites is 1. The Morgan fingerprint density at radius 3 is 2.84 bits per heavy atom. The van der Waals surface area contributed by atoms with Crippen molar-refractivity contribution in [2.24, 2.45) is 0 Å². The predicted octanol–water partition coefficient (Wildman–Crippen LogP) is 2.35. The van der Waals surface area contributed by atoms with Gasteiger partial charge in [-0.3, -0.25) is 4.79 Å². The van der Waals surface area contributed by atoms with Gasteiger partial charge in [-0.05, 0) is 26.5 Å². The molecule has 1 unspecified atom stereocenters. The van der Waals surface area contributed by atoms with Crippen LogP contribution in [-0.4, -0.2) is 25.6 Å². The monoisotopic (exact) mass is 284 g/mol. The lowest BCUT2D eigenvalue weighted by molar-refractivity contribution is -0.127. The van der Waals surface area contributed by atoms with Gasteiger partial charge in [-0.1, -0.05) is 30.7 Å². The van der Waals surface area contributed by atoms with Crippen molar-refractivity contribution in [2.75, 3.05) is 13.6 Å². The van der Waals surface area contributed by atoms with Crippen LogP contribution in [-0.2, 0) is 11.3 Å². The van der Waals surface area contributed by atoms with Crippen molar-refractivity contribution in [3.05, 3.63) is 28.8 Å². The van der Waals surface area contributed by atoms with Crippen LogP contribution in [0.5, 0.6) is 5.75 Å². The smallest absolute Gasteiger partial charge is 0.260 e. The first-order valence-electron chi connectivity index (χ1n) is 6.46. The van der Waals surface area contributed by atoms with E-state index in [9.17, 15) is 4.79 Å². The Morgan fingerprint density at radius 2 is 2.21 bits per heavy atom. The van der Waals surface area contributed by atoms with Crippen LogP contribution in [0.2, 0.25) is 5.02 Å². The molecular weight excluding hydrogens is 264 g/mol. The fourth-order valence-corrected chi connectivity index (χ4v) is 1.88. The molecule has 1 atom stereocenters. The zero-order valence-corrected chi connectivity index (χ0v) is 12.4. The highest BCUT2D eigenvalue weighted by Crippen LogP contribution is 2.29. The molecule has 0 aliphatic rings. The van der Waals surface area contributed by atoms with E-state index < -0.39 is 6.10 Å². The van der Waals surface area contributed by atoms with Crippen LogP contribution in [0.1, 0.15) is 25.8 Å². The van der Waals surface area contributed by atoms with E-state index >= 15 is 0 Å². The Hall–Kier alpha value is -1.26. The fourth-order valence-electron chi connectivity index (χ4n) is 1.64. The van der Waals surface area contributed by atoms with Crippen molar-refractivity contribution >= 4 is 17.5 Å². The number of ether oxygens (including phenoxy) is 1. The third-order valence-corrected chi connectivity index (χ3v) is 2.93. The van der Waals surface area contributed by atoms with Gasteiger partial charge in [-0.25, -0.2) is 0 Å². The van der Waals surface area contributed by atoms with Crippen LogP contribution >= 0.6 is 11.6 Å². The molecule has 0 aliphatic carbocycles. The van der Waals surface area contributed by atoms with E-state index in [-0.39, 0.29) is 5.91 Å². The van der Waals surface area contributed by atoms with Crippen molar-refractivity contribution in [3.8, 4) is 5.75 Å². The molecule has 0 aromatic heterocycles. The summed E-state index contributed by atoms with van der Waals surface area (Å²) in [5.74, 6) is 0.440. The summed E-state index contributed by atoms with van der Waals surface area (Å²) >= 11 is 6.13. The standard InChI is InChI=1S/C14H21ClN2O2/c1-4-8-17-14(18)10(2)19-13-11(9-16-3)6-5-7-12(13)15/h5-7,10,16H,4,8-9H2,1-3H3,(H,17,18). The minimum absolute atomic E-state index is 0.128. The molecule has 0 spiro atoms. The van der Waals surface area contributed by atoms with Crippen molar-refractivity contribution < 1.29 is 9.53 Å². The summed E-state index contributed by atoms with van der Waals surface area (Å²) in [7, 11) is 1.85. The fraction of sp³-hybridized carbons (Fsp3) is 0.500. The summed E-state index contributed by atoms with van der Waals surface area (Å²) in [5.41, 5.74) is 0.935. The summed E-state index contributed by atoms with van der Waals surface area (Å²) in [6.45, 7) is 5.01. The molecule has 1 aromatic carbocycles. The van der Waals surface area contributed by atoms with Gasteiger partial charge in [0, 0.05) is 18.7 Å². The topological polar surface area (TPSA) is 50.4 Å². The molecule has 4 nitrogen and oxygen atoms in total. The van der Waals surface area contributed by atoms with Crippen LogP contribution in [0.25, 0.3) is 0 Å². The molecule has 5 heteroatoms. The number of amides is 1. The number of halogens is 1. The highest BCUT2D eigenvalue weighted by molar-refractivity contribution is 6.32. The Labute approximate surface area is 119 Å². The van der Waals surface area contributed by atoms with E-state index in [0.29, 0.717) is 23.9 Å². The number of benzene rings is 1. The quantitative estimate of drug-likeness (QED) is 0.808. The first-order chi connectivity index (χ1) is 9.10. The second kappa shape index (κ2) is 8.02. The normalized spacial score (nSPS) is 12.0. The number of nitrogens with one attached hydrogen (secondary N) is 2. The van der Waals surface area contributed by atoms with Crippen LogP contribution in [0.4, 0.5) is 0 Å². The number of carbonyl (C=O) groups is 1. The molecule has 0 heterocycles. The molecule has 0 saturated heterocycles. The molecule has 0 radical (unpaired) electrons. The van der Waals surface area contributed by atoms with Gasteiger partial charge in [0.05, 0.1) is 5.02 Å². The van der Waals surface area contributed by atoms with E-state index in [1.807, 2.05) is 26.1 Å². The second-order valence-electron chi connectivity index (χ2n) is 4.31. The SMILES string of the molecule is CCCNC(=O)C(C)Oc1c(Cl)cccc1CNC. The van der Waals surface area contributed by atoms with E-state index in [2.05, 4.69) is 10.6 Å². The van der Waals surface area contributed by atoms with Crippen molar-refractivity contribution in [1.29, 1.82) is 0 Å². The maximum atomic E-state index is 11.8. The molecular formula is C14H21ClN2O2. The average Bonchev–Trinajstić information content (AvgIpc) is 2.40. The number of carbonyl (C=O) groups excluding carboxylic acids is 1. The number of rotatable bonds is 7. The van der Waals surface area contributed by atoms with Gasteiger partial charge in [-0.2, -0.15) is 0 Å². The van der Waals surface area contributed by atoms with Gasteiger partial charge in [0.2, 0.25) is 0 Å². The summed E-state index contributed by atoms with van der Waals surface area (Å²) in [4.78, 5) is 11.8. The summed E-state index contributed by atoms with van der Waals surface area (Å²) in [6.07, 6.45) is 0.331. The third-order valence-electron chi connectivity index (χ3n) is 2.63. The van der Waals surface area contributed by atoms with Crippen molar-refractivity contribution in [1.82, 2.24) is 10.6 Å². The lowest BCUT2D eigenvalue weighted by Gasteiger charge is -2.18. The lowest BCUT2D eigenvalue weighted by atomic mass is 10.2. The number of hydrogen-bond donors (Lipinski definition) is 2. The molecule has 19 heavy (non-hydrogen) atoms. The van der Waals surface area contributed by atoms with Crippen molar-refractivity contribution in [2.45, 2.75) is 32.9 Å². The van der Waals surface area contributed by atoms with Gasteiger partial charge in [0.15, 0.2) is 6.10 Å². The molecule has 1 rings (SSSR count). The van der Waals surface area contributed by atoms with E-state index in [4.69, 9.17) is 16.3 Å². The Balaban J connectivity index is 2.77. The summed E-state index contributed by atoms with van der Waals surface area (Å²) < 4.78 is 5.70. The Kier molecular flexibility index (Phi) is 6.67. The van der Waals surface area contributed by atoms with Gasteiger partial charge < -0.3 is 15.4 Å². The minimum Gasteiger partial charge on any atom is -0.479 e. The van der Waals surface area contributed by atoms with Gasteiger partial charge in [0.1, 0.15) is 5.75 Å². The largest absolute Gasteiger partial charge is 0.479 e. The van der Waals surface area contributed by atoms with Gasteiger partial charge in [-0.15, -0.1) is 0 Å². The Bertz CT molecular complexity index is 424. The highest BCUT2D eigenvalue weighted by atomic mass is 35.5. The Morgan fingerprint density at radius 1 is 1.47 bits per heavy atom. The van der Waals surface area contributed by atoms with Crippen molar-refractivity contribution in [3.63, 3.8) is 0 Å². The van der Waals surface area contributed by atoms with Crippen LogP contribution in [0.3, 0.4) is 0 Å². The molecule has 1 aromatic rings. The van der Waals surface area contributed by atoms with E-state index in [0.717, 1.165) is 12.0 Å². The molecule has 106 valence electrons. The minimum atomic E-state index is -0.568. The first kappa shape index (κ1) is 15.8. The molecule has 0 fully saturated rings. The maximum Gasteiger partial charge on any atom is 0.260 e. The van der Waals surface area contributed by atoms with Gasteiger partial charge in [0.25, 0.3) is 5.91 Å². The number of hydrogen-bond acceptors (Lipinski definition) is 3. The zero-order chi connectivity index (χ0) is 14.3. The van der Waals surface area contributed by atoms with Crippen LogP contribution in [0, 0.1) is 0 Å². The maximum absolute atomic E-state index is 11.8. The molecule has 0 bridgehead atoms. The predicted molar refractivity (Wildman–Crippen MR) is 77.6 cm³/mol. The van der Waals surface area contributed by atoms with E-state index in [1.165, 1.54) is 0 Å². The average molecular weight is 285 g/mol. The molecule has 0 saturated carbocycles. The van der Waals surface area contributed by atoms with Gasteiger partial charge >= 0.3 is 0 Å². The lowest BCUT2D eigenvalue weighted by Crippen LogP contribution is -2.36. The van der Waals surface area contributed by atoms with E-state index in [1.54, 1.807) is 13.0 Å². The zero-order valence-electron chi connectivity index (χ0n) is 11.6. The first-order valence-corrected chi connectivity index (χ1v) is 6.84. The molecule has 0 aliphatic heterocycles.